The van der Waals surface area contributed by atoms with Gasteiger partial charge in [-0.1, -0.05) is 65.7 Å². The van der Waals surface area contributed by atoms with Gasteiger partial charge in [0.15, 0.2) is 0 Å². The quantitative estimate of drug-likeness (QED) is 0.406. The number of fused-ring (bicyclic) bond motifs is 1. The predicted octanol–water partition coefficient (Wildman–Crippen LogP) is 6.37. The van der Waals surface area contributed by atoms with Crippen LogP contribution < -0.4 is 10.1 Å². The SMILES string of the molecule is O=C(Nc1cccc2c(OCc3ccccc3)ccnc12)c1c(Cl)cccc1Cl. The van der Waals surface area contributed by atoms with Crippen LogP contribution in [-0.4, -0.2) is 10.9 Å². The third kappa shape index (κ3) is 4.19. The molecule has 1 amide bonds. The number of anilines is 1. The Labute approximate surface area is 178 Å². The number of aromatic nitrogens is 1. The van der Waals surface area contributed by atoms with Crippen LogP contribution in [0.2, 0.25) is 10.0 Å². The zero-order chi connectivity index (χ0) is 20.2. The summed E-state index contributed by atoms with van der Waals surface area (Å²) in [6.45, 7) is 0.436. The molecule has 1 N–H and O–H groups in total. The number of carbonyl (C=O) groups is 1. The molecule has 0 saturated carbocycles. The number of ether oxygens (including phenoxy) is 1. The third-order valence-electron chi connectivity index (χ3n) is 4.41. The molecular weight excluding hydrogens is 407 g/mol. The lowest BCUT2D eigenvalue weighted by Crippen LogP contribution is -2.13. The molecular formula is C23H16Cl2N2O2. The Hall–Kier alpha value is -3.08. The van der Waals surface area contributed by atoms with Gasteiger partial charge in [-0.25, -0.2) is 0 Å². The van der Waals surface area contributed by atoms with Crippen molar-refractivity contribution in [3.05, 3.63) is 100 Å². The summed E-state index contributed by atoms with van der Waals surface area (Å²) >= 11 is 12.3. The number of nitrogens with one attached hydrogen (secondary N) is 1. The average Bonchev–Trinajstić information content (AvgIpc) is 2.73. The highest BCUT2D eigenvalue weighted by molar-refractivity contribution is 6.40. The van der Waals surface area contributed by atoms with Gasteiger partial charge in [-0.3, -0.25) is 9.78 Å². The standard InChI is InChI=1S/C23H16Cl2N2O2/c24-17-9-5-10-18(25)21(17)23(28)27-19-11-4-8-16-20(12-13-26-22(16)19)29-14-15-6-2-1-3-7-15/h1-13H,14H2,(H,27,28). The first-order chi connectivity index (χ1) is 14.1. The average molecular weight is 423 g/mol. The molecule has 0 atom stereocenters. The van der Waals surface area contributed by atoms with E-state index in [9.17, 15) is 4.79 Å². The molecule has 4 rings (SSSR count). The Bertz CT molecular complexity index is 1160. The van der Waals surface area contributed by atoms with E-state index in [2.05, 4.69) is 10.3 Å². The summed E-state index contributed by atoms with van der Waals surface area (Å²) in [6.07, 6.45) is 1.65. The number of nitrogens with zero attached hydrogens (tertiary/aromatic N) is 1. The summed E-state index contributed by atoms with van der Waals surface area (Å²) in [5.74, 6) is 0.288. The zero-order valence-electron chi connectivity index (χ0n) is 15.2. The number of para-hydroxylation sites is 1. The molecule has 29 heavy (non-hydrogen) atoms. The first-order valence-electron chi connectivity index (χ1n) is 8.93. The van der Waals surface area contributed by atoms with E-state index < -0.39 is 5.91 Å². The van der Waals surface area contributed by atoms with Crippen LogP contribution in [0, 0.1) is 0 Å². The van der Waals surface area contributed by atoms with E-state index in [0.717, 1.165) is 10.9 Å². The first-order valence-corrected chi connectivity index (χ1v) is 9.69. The Morgan fingerprint density at radius 3 is 2.38 bits per heavy atom. The van der Waals surface area contributed by atoms with Crippen LogP contribution in [0.4, 0.5) is 5.69 Å². The number of halogens is 2. The zero-order valence-corrected chi connectivity index (χ0v) is 16.7. The summed E-state index contributed by atoms with van der Waals surface area (Å²) in [6, 6.07) is 22.2. The molecule has 4 aromatic rings. The van der Waals surface area contributed by atoms with E-state index in [-0.39, 0.29) is 15.6 Å². The molecule has 1 aromatic heterocycles. The van der Waals surface area contributed by atoms with Gasteiger partial charge < -0.3 is 10.1 Å². The highest BCUT2D eigenvalue weighted by atomic mass is 35.5. The predicted molar refractivity (Wildman–Crippen MR) is 117 cm³/mol. The minimum absolute atomic E-state index is 0.226. The molecule has 0 aliphatic heterocycles. The van der Waals surface area contributed by atoms with Crippen LogP contribution in [0.25, 0.3) is 10.9 Å². The number of carbonyl (C=O) groups excluding carboxylic acids is 1. The fourth-order valence-corrected chi connectivity index (χ4v) is 3.58. The van der Waals surface area contributed by atoms with E-state index >= 15 is 0 Å². The van der Waals surface area contributed by atoms with Crippen molar-refractivity contribution in [1.29, 1.82) is 0 Å². The second kappa shape index (κ2) is 8.52. The van der Waals surface area contributed by atoms with Crippen LogP contribution in [-0.2, 0) is 6.61 Å². The molecule has 0 radical (unpaired) electrons. The van der Waals surface area contributed by atoms with Gasteiger partial charge in [0.1, 0.15) is 12.4 Å². The Morgan fingerprint density at radius 2 is 1.62 bits per heavy atom. The highest BCUT2D eigenvalue weighted by Crippen LogP contribution is 2.31. The smallest absolute Gasteiger partial charge is 0.258 e. The van der Waals surface area contributed by atoms with Gasteiger partial charge in [0.2, 0.25) is 0 Å². The van der Waals surface area contributed by atoms with E-state index in [1.54, 1.807) is 30.5 Å². The summed E-state index contributed by atoms with van der Waals surface area (Å²) < 4.78 is 5.99. The van der Waals surface area contributed by atoms with Crippen molar-refractivity contribution in [3.8, 4) is 5.75 Å². The lowest BCUT2D eigenvalue weighted by atomic mass is 10.1. The molecule has 6 heteroatoms. The fourth-order valence-electron chi connectivity index (χ4n) is 3.01. The molecule has 0 bridgehead atoms. The lowest BCUT2D eigenvalue weighted by molar-refractivity contribution is 0.102. The molecule has 0 unspecified atom stereocenters. The van der Waals surface area contributed by atoms with Gasteiger partial charge in [0, 0.05) is 11.6 Å². The Kier molecular flexibility index (Phi) is 5.65. The van der Waals surface area contributed by atoms with Crippen molar-refractivity contribution in [2.75, 3.05) is 5.32 Å². The maximum absolute atomic E-state index is 12.8. The summed E-state index contributed by atoms with van der Waals surface area (Å²) in [5, 5.41) is 4.23. The van der Waals surface area contributed by atoms with Gasteiger partial charge >= 0.3 is 0 Å². The highest BCUT2D eigenvalue weighted by Gasteiger charge is 2.16. The maximum Gasteiger partial charge on any atom is 0.258 e. The molecule has 144 valence electrons. The fraction of sp³-hybridized carbons (Fsp3) is 0.0435. The largest absolute Gasteiger partial charge is 0.488 e. The van der Waals surface area contributed by atoms with Crippen LogP contribution in [0.15, 0.2) is 79.0 Å². The summed E-state index contributed by atoms with van der Waals surface area (Å²) in [5.41, 5.74) is 2.46. The van der Waals surface area contributed by atoms with Gasteiger partial charge in [-0.2, -0.15) is 0 Å². The minimum Gasteiger partial charge on any atom is -0.488 e. The van der Waals surface area contributed by atoms with E-state index in [1.165, 1.54) is 0 Å². The molecule has 3 aromatic carbocycles. The second-order valence-corrected chi connectivity index (χ2v) is 7.15. The van der Waals surface area contributed by atoms with Crippen LogP contribution >= 0.6 is 23.2 Å². The Morgan fingerprint density at radius 1 is 0.897 bits per heavy atom. The molecule has 0 spiro atoms. The van der Waals surface area contributed by atoms with Crippen LogP contribution in [0.1, 0.15) is 15.9 Å². The summed E-state index contributed by atoms with van der Waals surface area (Å²) in [7, 11) is 0. The van der Waals surface area contributed by atoms with Crippen molar-refractivity contribution in [3.63, 3.8) is 0 Å². The first kappa shape index (κ1) is 19.2. The number of rotatable bonds is 5. The van der Waals surface area contributed by atoms with Crippen molar-refractivity contribution >= 4 is 45.7 Å². The number of pyridine rings is 1. The lowest BCUT2D eigenvalue weighted by Gasteiger charge is -2.13. The molecule has 1 heterocycles. The van der Waals surface area contributed by atoms with Crippen molar-refractivity contribution in [1.82, 2.24) is 4.98 Å². The van der Waals surface area contributed by atoms with Crippen molar-refractivity contribution in [2.45, 2.75) is 6.61 Å². The van der Waals surface area contributed by atoms with Gasteiger partial charge in [-0.05, 0) is 35.9 Å². The number of hydrogen-bond donors (Lipinski definition) is 1. The van der Waals surface area contributed by atoms with Gasteiger partial charge in [0.25, 0.3) is 5.91 Å². The van der Waals surface area contributed by atoms with E-state index in [0.29, 0.717) is 23.6 Å². The minimum atomic E-state index is -0.398. The van der Waals surface area contributed by atoms with E-state index in [4.69, 9.17) is 27.9 Å². The summed E-state index contributed by atoms with van der Waals surface area (Å²) in [4.78, 5) is 17.2. The number of hydrogen-bond acceptors (Lipinski definition) is 3. The molecule has 0 saturated heterocycles. The number of benzene rings is 3. The third-order valence-corrected chi connectivity index (χ3v) is 5.04. The Balaban J connectivity index is 1.63. The van der Waals surface area contributed by atoms with Crippen LogP contribution in [0.3, 0.4) is 0 Å². The van der Waals surface area contributed by atoms with Gasteiger partial charge in [0.05, 0.1) is 26.8 Å². The van der Waals surface area contributed by atoms with E-state index in [1.807, 2.05) is 48.5 Å². The normalized spacial score (nSPS) is 10.7. The van der Waals surface area contributed by atoms with Crippen molar-refractivity contribution in [2.24, 2.45) is 0 Å². The van der Waals surface area contributed by atoms with Crippen molar-refractivity contribution < 1.29 is 9.53 Å². The van der Waals surface area contributed by atoms with Crippen LogP contribution in [0.5, 0.6) is 5.75 Å². The maximum atomic E-state index is 12.8. The molecule has 0 fully saturated rings. The molecule has 4 nitrogen and oxygen atoms in total. The second-order valence-electron chi connectivity index (χ2n) is 6.34. The van der Waals surface area contributed by atoms with Gasteiger partial charge in [-0.15, -0.1) is 0 Å². The molecule has 0 aliphatic rings. The monoisotopic (exact) mass is 422 g/mol. The topological polar surface area (TPSA) is 51.2 Å². The molecule has 0 aliphatic carbocycles. The number of amides is 1.